The van der Waals surface area contributed by atoms with Crippen molar-refractivity contribution in [1.29, 1.82) is 0 Å². The lowest BCUT2D eigenvalue weighted by Crippen LogP contribution is -2.65. The van der Waals surface area contributed by atoms with Gasteiger partial charge in [-0.3, -0.25) is 9.59 Å². The second-order valence-electron chi connectivity index (χ2n) is 19.9. The van der Waals surface area contributed by atoms with Gasteiger partial charge in [-0.15, -0.1) is 0 Å². The van der Waals surface area contributed by atoms with E-state index in [-0.39, 0.29) is 41.8 Å². The van der Waals surface area contributed by atoms with Gasteiger partial charge in [-0.25, -0.2) is 0 Å². The number of ketones is 1. The predicted octanol–water partition coefficient (Wildman–Crippen LogP) is 7.34. The molecule has 1 saturated carbocycles. The molecule has 11 heteroatoms. The number of carbonyl (C=O) groups excluding carboxylic acids is 1. The molecule has 57 heavy (non-hydrogen) atoms. The molecule has 11 nitrogen and oxygen atoms in total. The second-order valence-corrected chi connectivity index (χ2v) is 19.9. The highest BCUT2D eigenvalue weighted by molar-refractivity contribution is 5.84. The zero-order valence-corrected chi connectivity index (χ0v) is 36.9. The van der Waals surface area contributed by atoms with Gasteiger partial charge in [0, 0.05) is 36.1 Å². The number of aliphatic carboxylic acids is 1. The summed E-state index contributed by atoms with van der Waals surface area (Å²) in [4.78, 5) is 26.8. The Labute approximate surface area is 342 Å². The molecule has 0 radical (unpaired) electrons. The topological polar surface area (TPSA) is 153 Å². The molecule has 4 N–H and O–H groups in total. The Bertz CT molecular complexity index is 1470. The average Bonchev–Trinajstić information content (AvgIpc) is 3.94. The lowest BCUT2D eigenvalue weighted by Gasteiger charge is -2.55. The molecule has 5 aliphatic heterocycles. The Kier molecular flexibility index (Phi) is 13.3. The number of hydrogen-bond donors (Lipinski definition) is 4. The number of carbonyl (C=O) groups is 2. The van der Waals surface area contributed by atoms with Gasteiger partial charge in [0.25, 0.3) is 0 Å². The summed E-state index contributed by atoms with van der Waals surface area (Å²) in [5, 5.41) is 36.9. The van der Waals surface area contributed by atoms with Crippen molar-refractivity contribution in [2.45, 2.75) is 224 Å². The fourth-order valence-corrected chi connectivity index (χ4v) is 11.4. The zero-order chi connectivity index (χ0) is 41.9. The number of carboxylic acids is 1. The van der Waals surface area contributed by atoms with E-state index in [2.05, 4.69) is 45.2 Å². The molecule has 5 fully saturated rings. The van der Waals surface area contributed by atoms with Crippen LogP contribution < -0.4 is 5.32 Å². The van der Waals surface area contributed by atoms with Crippen molar-refractivity contribution in [2.24, 2.45) is 41.4 Å². The van der Waals surface area contributed by atoms with Gasteiger partial charge in [0.05, 0.1) is 59.3 Å². The van der Waals surface area contributed by atoms with E-state index in [1.54, 1.807) is 0 Å². The summed E-state index contributed by atoms with van der Waals surface area (Å²) in [6, 6.07) is 0.221. The van der Waals surface area contributed by atoms with Crippen LogP contribution in [0.25, 0.3) is 0 Å². The van der Waals surface area contributed by atoms with Crippen LogP contribution in [0.2, 0.25) is 0 Å². The third-order valence-corrected chi connectivity index (χ3v) is 16.3. The van der Waals surface area contributed by atoms with Crippen molar-refractivity contribution in [3.8, 4) is 0 Å². The zero-order valence-electron chi connectivity index (χ0n) is 36.9. The Morgan fingerprint density at radius 3 is 2.16 bits per heavy atom. The summed E-state index contributed by atoms with van der Waals surface area (Å²) in [5.74, 6) is -5.14. The van der Waals surface area contributed by atoms with Crippen LogP contribution in [0.1, 0.15) is 153 Å². The molecule has 0 bridgehead atoms. The highest BCUT2D eigenvalue weighted by atomic mass is 16.8. The van der Waals surface area contributed by atoms with Crippen LogP contribution in [0.5, 0.6) is 0 Å². The van der Waals surface area contributed by atoms with Gasteiger partial charge in [0.15, 0.2) is 11.6 Å². The molecule has 0 aromatic rings. The highest BCUT2D eigenvalue weighted by Gasteiger charge is 2.63. The summed E-state index contributed by atoms with van der Waals surface area (Å²) in [6.07, 6.45) is 10.7. The molecule has 6 rings (SSSR count). The van der Waals surface area contributed by atoms with Crippen molar-refractivity contribution >= 4 is 11.8 Å². The lowest BCUT2D eigenvalue weighted by molar-refractivity contribution is -0.398. The van der Waals surface area contributed by atoms with E-state index >= 15 is 0 Å². The fourth-order valence-electron chi connectivity index (χ4n) is 11.4. The van der Waals surface area contributed by atoms with Gasteiger partial charge >= 0.3 is 5.97 Å². The number of nitrogens with one attached hydrogen (secondary N) is 1. The summed E-state index contributed by atoms with van der Waals surface area (Å²) in [7, 11) is 0. The van der Waals surface area contributed by atoms with Gasteiger partial charge < -0.3 is 44.3 Å². The Balaban J connectivity index is 1.21. The predicted molar refractivity (Wildman–Crippen MR) is 217 cm³/mol. The Morgan fingerprint density at radius 1 is 0.877 bits per heavy atom. The van der Waals surface area contributed by atoms with Crippen LogP contribution in [0.3, 0.4) is 0 Å². The maximum Gasteiger partial charge on any atom is 0.309 e. The van der Waals surface area contributed by atoms with Crippen LogP contribution in [0.15, 0.2) is 12.2 Å². The van der Waals surface area contributed by atoms with Crippen LogP contribution in [-0.4, -0.2) is 98.1 Å². The summed E-state index contributed by atoms with van der Waals surface area (Å²) in [6.45, 7) is 22.1. The first-order valence-corrected chi connectivity index (χ1v) is 22.8. The molecule has 5 heterocycles. The number of carboxylic acid groups (broad SMARTS) is 1. The van der Waals surface area contributed by atoms with E-state index in [1.165, 1.54) is 0 Å². The number of ether oxygens (including phenoxy) is 5. The maximum atomic E-state index is 14.7. The van der Waals surface area contributed by atoms with Crippen molar-refractivity contribution in [1.82, 2.24) is 5.32 Å². The molecule has 4 saturated heterocycles. The van der Waals surface area contributed by atoms with Crippen LogP contribution >= 0.6 is 0 Å². The first-order valence-electron chi connectivity index (χ1n) is 22.8. The van der Waals surface area contributed by atoms with E-state index in [1.807, 2.05) is 48.5 Å². The van der Waals surface area contributed by atoms with E-state index in [0.29, 0.717) is 51.0 Å². The molecule has 14 unspecified atom stereocenters. The minimum atomic E-state index is -1.12. The fraction of sp³-hybridized carbons (Fsp3) is 0.913. The molecule has 18 atom stereocenters. The van der Waals surface area contributed by atoms with E-state index in [4.69, 9.17) is 23.7 Å². The van der Waals surface area contributed by atoms with Gasteiger partial charge in [0.1, 0.15) is 5.78 Å². The summed E-state index contributed by atoms with van der Waals surface area (Å²) >= 11 is 0. The Morgan fingerprint density at radius 2 is 1.56 bits per heavy atom. The minimum absolute atomic E-state index is 0.0223. The molecule has 1 aliphatic carbocycles. The molecular weight excluding hydrogens is 727 g/mol. The van der Waals surface area contributed by atoms with Crippen molar-refractivity contribution < 1.29 is 48.6 Å². The molecule has 6 aliphatic rings. The van der Waals surface area contributed by atoms with Crippen molar-refractivity contribution in [2.75, 3.05) is 0 Å². The first-order chi connectivity index (χ1) is 26.7. The van der Waals surface area contributed by atoms with Gasteiger partial charge in [-0.2, -0.15) is 0 Å². The van der Waals surface area contributed by atoms with Crippen molar-refractivity contribution in [3.05, 3.63) is 12.2 Å². The van der Waals surface area contributed by atoms with Gasteiger partial charge in [-0.05, 0) is 109 Å². The summed E-state index contributed by atoms with van der Waals surface area (Å²) in [5.41, 5.74) is -2.27. The third kappa shape index (κ3) is 8.32. The normalized spacial score (nSPS) is 46.4. The van der Waals surface area contributed by atoms with Gasteiger partial charge in [0.2, 0.25) is 0 Å². The molecule has 2 spiro atoms. The lowest BCUT2D eigenvalue weighted by atomic mass is 9.68. The minimum Gasteiger partial charge on any atom is -0.481 e. The standard InChI is InChI=1S/C46H77NO10/c1-12-33(41(50)51)35-18-15-27(5)43(11,54-35)30(8)38(48)29(7)39(49)34(13-2)40-26(4)25-28(6)45(55-40)22-19-36(47-32-16-17-32)46(57-45)24-23-42(10,56-46)37-20-21-44(52,14-3)31(9)53-37/h19,22,26-38,40,47-48,52H,12-18,20-21,23-25H2,1-11H3,(H,50,51)/t26-,27?,28+,29-,30?,31?,33?,34?,35?,36?,37?,38?,40?,42?,43?,44?,45-,46?/m0/s1. The monoisotopic (exact) mass is 804 g/mol. The van der Waals surface area contributed by atoms with E-state index in [0.717, 1.165) is 32.1 Å². The second kappa shape index (κ2) is 16.8. The van der Waals surface area contributed by atoms with Crippen LogP contribution in [-0.2, 0) is 33.3 Å². The Hall–Kier alpha value is -1.44. The highest BCUT2D eigenvalue weighted by Crippen LogP contribution is 2.54. The number of aliphatic hydroxyl groups excluding tert-OH is 1. The van der Waals surface area contributed by atoms with Gasteiger partial charge in [-0.1, -0.05) is 61.5 Å². The quantitative estimate of drug-likeness (QED) is 0.131. The van der Waals surface area contributed by atoms with E-state index in [9.17, 15) is 24.9 Å². The molecular formula is C46H77NO10. The number of aliphatic hydroxyl groups is 2. The molecule has 0 aromatic heterocycles. The largest absolute Gasteiger partial charge is 0.481 e. The SMILES string of the molecule is CCC(C(=O)O)C1CCC(C)C(C)(C(C)C(O)[C@H](C)C(=O)C(CC)C2O[C@]3(C=CC(NC4CC4)C4(CCC(C)(C5CCC(O)(CC)C(C)O5)O4)O3)[C@H](C)C[C@@H]2C)O1. The third-order valence-electron chi connectivity index (χ3n) is 16.3. The molecule has 0 amide bonds. The smallest absolute Gasteiger partial charge is 0.309 e. The number of hydrogen-bond acceptors (Lipinski definition) is 10. The average molecular weight is 804 g/mol. The number of Topliss-reactive ketones (excluding diaryl/α,β-unsaturated/α-hetero) is 1. The summed E-state index contributed by atoms with van der Waals surface area (Å²) < 4.78 is 35.0. The van der Waals surface area contributed by atoms with E-state index < -0.39 is 76.3 Å². The first kappa shape index (κ1) is 45.1. The maximum absolute atomic E-state index is 14.7. The van der Waals surface area contributed by atoms with Crippen LogP contribution in [0, 0.1) is 41.4 Å². The van der Waals surface area contributed by atoms with Crippen molar-refractivity contribution in [3.63, 3.8) is 0 Å². The molecule has 326 valence electrons. The number of rotatable bonds is 14. The molecule has 0 aromatic carbocycles. The van der Waals surface area contributed by atoms with Crippen LogP contribution in [0.4, 0.5) is 0 Å².